The van der Waals surface area contributed by atoms with Crippen LogP contribution in [0.25, 0.3) is 0 Å². The van der Waals surface area contributed by atoms with Gasteiger partial charge in [-0.3, -0.25) is 14.6 Å². The molecule has 33 heavy (non-hydrogen) atoms. The van der Waals surface area contributed by atoms with Gasteiger partial charge in [-0.15, -0.1) is 10.2 Å². The fourth-order valence-corrected chi connectivity index (χ4v) is 3.74. The lowest BCUT2D eigenvalue weighted by Crippen LogP contribution is -2.42. The van der Waals surface area contributed by atoms with Crippen LogP contribution in [-0.2, 0) is 24.1 Å². The van der Waals surface area contributed by atoms with Crippen molar-refractivity contribution in [2.45, 2.75) is 31.7 Å². The Morgan fingerprint density at radius 2 is 2.06 bits per heavy atom. The Hall–Kier alpha value is -4.29. The number of rotatable bonds is 8. The number of aryl methyl sites for hydroxylation is 1. The number of nitrogens with one attached hydrogen (secondary N) is 4. The highest BCUT2D eigenvalue weighted by Crippen LogP contribution is 2.23. The van der Waals surface area contributed by atoms with Gasteiger partial charge in [-0.1, -0.05) is 17.3 Å². The van der Waals surface area contributed by atoms with Gasteiger partial charge in [-0.05, 0) is 42.9 Å². The standard InChI is InChI=1S/C20H23N9O4/c21-20-24-16-13(18(31)25-20)7-11(9-22-16)2-1-10-3-5-12(6-4-10)17(30)23-14(19(32)33)8-15-26-28-29-27-15/h3-6,11,14H,1-2,7-9H2,(H,23,30)(H,32,33)(H,26,27,28,29)(H4,21,22,24,25,31). The topological polar surface area (TPSA) is 205 Å². The molecule has 1 aromatic carbocycles. The number of hydrogen-bond donors (Lipinski definition) is 6. The molecule has 1 amide bonds. The molecule has 0 spiro atoms. The molecule has 3 aromatic rings. The normalized spacial score (nSPS) is 15.8. The number of aliphatic carboxylic acids is 1. The Labute approximate surface area is 187 Å². The number of carbonyl (C=O) groups is 2. The molecular weight excluding hydrogens is 430 g/mol. The summed E-state index contributed by atoms with van der Waals surface area (Å²) in [5, 5.41) is 28.1. The molecule has 2 atom stereocenters. The molecular formula is C20H23N9O4. The van der Waals surface area contributed by atoms with Crippen LogP contribution in [0.15, 0.2) is 29.1 Å². The van der Waals surface area contributed by atoms with Crippen molar-refractivity contribution in [3.63, 3.8) is 0 Å². The smallest absolute Gasteiger partial charge is 0.326 e. The van der Waals surface area contributed by atoms with Crippen LogP contribution in [0.1, 0.15) is 33.7 Å². The highest BCUT2D eigenvalue weighted by molar-refractivity contribution is 5.96. The molecule has 7 N–H and O–H groups in total. The second-order valence-corrected chi connectivity index (χ2v) is 7.86. The molecule has 4 rings (SSSR count). The zero-order valence-corrected chi connectivity index (χ0v) is 17.5. The Morgan fingerprint density at radius 3 is 2.76 bits per heavy atom. The van der Waals surface area contributed by atoms with Crippen LogP contribution < -0.4 is 21.9 Å². The third kappa shape index (κ3) is 5.31. The summed E-state index contributed by atoms with van der Waals surface area (Å²) < 4.78 is 0. The van der Waals surface area contributed by atoms with Crippen molar-refractivity contribution in [1.82, 2.24) is 35.9 Å². The molecule has 3 heterocycles. The Morgan fingerprint density at radius 1 is 1.27 bits per heavy atom. The van der Waals surface area contributed by atoms with Crippen molar-refractivity contribution in [3.8, 4) is 0 Å². The second kappa shape index (κ2) is 9.46. The fraction of sp³-hybridized carbons (Fsp3) is 0.350. The number of carboxylic acids is 1. The summed E-state index contributed by atoms with van der Waals surface area (Å²) in [6, 6.07) is 5.81. The number of carboxylic acid groups (broad SMARTS) is 1. The number of nitrogens with two attached hydrogens (primary N) is 1. The zero-order valence-electron chi connectivity index (χ0n) is 17.5. The molecule has 2 unspecified atom stereocenters. The summed E-state index contributed by atoms with van der Waals surface area (Å²) >= 11 is 0. The van der Waals surface area contributed by atoms with Crippen molar-refractivity contribution in [1.29, 1.82) is 0 Å². The van der Waals surface area contributed by atoms with Gasteiger partial charge in [0.05, 0.1) is 5.56 Å². The SMILES string of the molecule is Nc1nc2c(c(=O)[nH]1)CC(CCc1ccc(C(=O)NC(Cc3nn[nH]n3)C(=O)O)cc1)CN2. The highest BCUT2D eigenvalue weighted by Gasteiger charge is 2.24. The molecule has 0 radical (unpaired) electrons. The van der Waals surface area contributed by atoms with Gasteiger partial charge >= 0.3 is 5.97 Å². The van der Waals surface area contributed by atoms with Crippen LogP contribution in [-0.4, -0.2) is 60.2 Å². The van der Waals surface area contributed by atoms with Gasteiger partial charge in [0.2, 0.25) is 5.95 Å². The Balaban J connectivity index is 1.32. The number of anilines is 2. The van der Waals surface area contributed by atoms with E-state index in [2.05, 4.69) is 41.2 Å². The van der Waals surface area contributed by atoms with Crippen LogP contribution in [0.4, 0.5) is 11.8 Å². The maximum Gasteiger partial charge on any atom is 0.326 e. The van der Waals surface area contributed by atoms with E-state index in [1.54, 1.807) is 12.1 Å². The number of carbonyl (C=O) groups excluding carboxylic acids is 1. The van der Waals surface area contributed by atoms with E-state index < -0.39 is 17.9 Å². The molecule has 0 saturated carbocycles. The lowest BCUT2D eigenvalue weighted by atomic mass is 9.91. The molecule has 2 aromatic heterocycles. The summed E-state index contributed by atoms with van der Waals surface area (Å²) in [6.45, 7) is 0.695. The largest absolute Gasteiger partial charge is 0.480 e. The van der Waals surface area contributed by atoms with E-state index in [0.717, 1.165) is 18.4 Å². The number of aromatic amines is 2. The quantitative estimate of drug-likeness (QED) is 0.258. The molecule has 0 fully saturated rings. The summed E-state index contributed by atoms with van der Waals surface area (Å²) in [7, 11) is 0. The van der Waals surface area contributed by atoms with E-state index in [4.69, 9.17) is 5.73 Å². The summed E-state index contributed by atoms with van der Waals surface area (Å²) in [5.74, 6) is -0.603. The number of benzene rings is 1. The number of nitrogen functional groups attached to an aromatic ring is 1. The van der Waals surface area contributed by atoms with Crippen LogP contribution >= 0.6 is 0 Å². The van der Waals surface area contributed by atoms with Crippen LogP contribution in [0.5, 0.6) is 0 Å². The minimum Gasteiger partial charge on any atom is -0.480 e. The first kappa shape index (κ1) is 21.9. The first-order chi connectivity index (χ1) is 15.9. The summed E-state index contributed by atoms with van der Waals surface area (Å²) in [5.41, 5.74) is 7.36. The number of fused-ring (bicyclic) bond motifs is 1. The maximum absolute atomic E-state index is 12.5. The van der Waals surface area contributed by atoms with Gasteiger partial charge in [0, 0.05) is 18.5 Å². The molecule has 0 aliphatic carbocycles. The molecule has 1 aliphatic rings. The van der Waals surface area contributed by atoms with Crippen molar-refractivity contribution >= 4 is 23.6 Å². The van der Waals surface area contributed by atoms with Gasteiger partial charge in [0.1, 0.15) is 11.9 Å². The highest BCUT2D eigenvalue weighted by atomic mass is 16.4. The minimum absolute atomic E-state index is 0.0842. The second-order valence-electron chi connectivity index (χ2n) is 7.86. The Bertz CT molecular complexity index is 1190. The first-order valence-corrected chi connectivity index (χ1v) is 10.4. The lowest BCUT2D eigenvalue weighted by Gasteiger charge is -2.24. The molecule has 0 bridgehead atoms. The monoisotopic (exact) mass is 453 g/mol. The van der Waals surface area contributed by atoms with Crippen LogP contribution in [0.2, 0.25) is 0 Å². The van der Waals surface area contributed by atoms with Gasteiger partial charge in [-0.2, -0.15) is 10.2 Å². The number of hydrogen-bond acceptors (Lipinski definition) is 9. The van der Waals surface area contributed by atoms with E-state index in [1.165, 1.54) is 0 Å². The van der Waals surface area contributed by atoms with E-state index in [1.807, 2.05) is 12.1 Å². The van der Waals surface area contributed by atoms with Crippen LogP contribution in [0.3, 0.4) is 0 Å². The third-order valence-corrected chi connectivity index (χ3v) is 5.52. The average molecular weight is 453 g/mol. The maximum atomic E-state index is 12.5. The van der Waals surface area contributed by atoms with E-state index in [0.29, 0.717) is 29.9 Å². The van der Waals surface area contributed by atoms with Crippen LogP contribution in [0, 0.1) is 5.92 Å². The Kier molecular flexibility index (Phi) is 6.29. The van der Waals surface area contributed by atoms with E-state index in [-0.39, 0.29) is 29.7 Å². The van der Waals surface area contributed by atoms with Gasteiger partial charge in [0.25, 0.3) is 11.5 Å². The van der Waals surface area contributed by atoms with Crippen molar-refractivity contribution in [2.75, 3.05) is 17.6 Å². The van der Waals surface area contributed by atoms with Gasteiger partial charge in [-0.25, -0.2) is 4.79 Å². The lowest BCUT2D eigenvalue weighted by molar-refractivity contribution is -0.139. The van der Waals surface area contributed by atoms with Gasteiger partial charge in [0.15, 0.2) is 5.82 Å². The number of aromatic nitrogens is 6. The number of nitrogens with zero attached hydrogens (tertiary/aromatic N) is 4. The number of H-pyrrole nitrogens is 2. The molecule has 0 saturated heterocycles. The predicted molar refractivity (Wildman–Crippen MR) is 116 cm³/mol. The summed E-state index contributed by atoms with van der Waals surface area (Å²) in [4.78, 5) is 42.7. The third-order valence-electron chi connectivity index (χ3n) is 5.52. The number of tetrazole rings is 1. The van der Waals surface area contributed by atoms with E-state index >= 15 is 0 Å². The fourth-order valence-electron chi connectivity index (χ4n) is 3.74. The molecule has 13 nitrogen and oxygen atoms in total. The van der Waals surface area contributed by atoms with Crippen molar-refractivity contribution in [2.24, 2.45) is 5.92 Å². The predicted octanol–water partition coefficient (Wildman–Crippen LogP) is -0.492. The zero-order chi connectivity index (χ0) is 23.4. The summed E-state index contributed by atoms with van der Waals surface area (Å²) in [6.07, 6.45) is 2.13. The average Bonchev–Trinajstić information content (AvgIpc) is 3.31. The van der Waals surface area contributed by atoms with Gasteiger partial charge < -0.3 is 21.5 Å². The van der Waals surface area contributed by atoms with E-state index in [9.17, 15) is 19.5 Å². The van der Waals surface area contributed by atoms with Crippen molar-refractivity contribution < 1.29 is 14.7 Å². The molecule has 1 aliphatic heterocycles. The molecule has 172 valence electrons. The first-order valence-electron chi connectivity index (χ1n) is 10.4. The minimum atomic E-state index is -1.19. The number of amides is 1. The molecule has 13 heteroatoms. The van der Waals surface area contributed by atoms with Crippen molar-refractivity contribution in [3.05, 3.63) is 57.1 Å².